The number of fused-ring (bicyclic) bond motifs is 1. The molecule has 11 nitrogen and oxygen atoms in total. The van der Waals surface area contributed by atoms with Crippen molar-refractivity contribution in [3.63, 3.8) is 0 Å². The number of halogens is 1. The van der Waals surface area contributed by atoms with E-state index in [9.17, 15) is 23.9 Å². The van der Waals surface area contributed by atoms with Crippen LogP contribution in [0.4, 0.5) is 14.9 Å². The van der Waals surface area contributed by atoms with Crippen LogP contribution in [0, 0.1) is 5.82 Å². The number of phenols is 1. The van der Waals surface area contributed by atoms with Gasteiger partial charge in [0.1, 0.15) is 23.8 Å². The summed E-state index contributed by atoms with van der Waals surface area (Å²) in [4.78, 5) is 44.5. The molecule has 3 aromatic carbocycles. The predicted octanol–water partition coefficient (Wildman–Crippen LogP) is 3.37. The maximum atomic E-state index is 14.7. The van der Waals surface area contributed by atoms with E-state index >= 15 is 0 Å². The third-order valence-corrected chi connectivity index (χ3v) is 8.78. The first-order valence-electron chi connectivity index (χ1n) is 14.6. The lowest BCUT2D eigenvalue weighted by molar-refractivity contribution is -0.157. The lowest BCUT2D eigenvalue weighted by Crippen LogP contribution is -2.66. The molecule has 0 bridgehead atoms. The molecule has 0 saturated carbocycles. The van der Waals surface area contributed by atoms with Crippen LogP contribution in [0.15, 0.2) is 95.9 Å². The number of nitrogens with zero attached hydrogens (tertiary/aromatic N) is 4. The number of aromatic hydroxyl groups is 1. The van der Waals surface area contributed by atoms with E-state index in [1.807, 2.05) is 30.3 Å². The summed E-state index contributed by atoms with van der Waals surface area (Å²) in [6, 6.07) is 17.3. The summed E-state index contributed by atoms with van der Waals surface area (Å²) >= 11 is 0.902. The molecule has 240 valence electrons. The van der Waals surface area contributed by atoms with Crippen molar-refractivity contribution < 1.29 is 23.9 Å². The van der Waals surface area contributed by atoms with Crippen molar-refractivity contribution in [1.82, 2.24) is 25.1 Å². The van der Waals surface area contributed by atoms with Crippen molar-refractivity contribution in [2.75, 3.05) is 25.4 Å². The minimum Gasteiger partial charge on any atom is -0.508 e. The summed E-state index contributed by atoms with van der Waals surface area (Å²) < 4.78 is 14.7. The molecular formula is C33H36FN7O4S. The van der Waals surface area contributed by atoms with Crippen LogP contribution >= 0.6 is 11.8 Å². The quantitative estimate of drug-likeness (QED) is 0.141. The molecule has 2 fully saturated rings. The van der Waals surface area contributed by atoms with E-state index in [-0.39, 0.29) is 72.3 Å². The van der Waals surface area contributed by atoms with Crippen molar-refractivity contribution in [2.45, 2.75) is 36.6 Å². The number of benzene rings is 3. The number of nitrogens with two attached hydrogens (primary N) is 2. The summed E-state index contributed by atoms with van der Waals surface area (Å²) in [5.74, 6) is -1.13. The summed E-state index contributed by atoms with van der Waals surface area (Å²) in [6.45, 7) is 7.76. The highest BCUT2D eigenvalue weighted by atomic mass is 32.2. The van der Waals surface area contributed by atoms with Gasteiger partial charge in [-0.25, -0.2) is 9.18 Å². The zero-order valence-electron chi connectivity index (χ0n) is 25.1. The van der Waals surface area contributed by atoms with Gasteiger partial charge in [-0.05, 0) is 34.9 Å². The number of hydrazine groups is 1. The fourth-order valence-corrected chi connectivity index (χ4v) is 6.40. The second-order valence-electron chi connectivity index (χ2n) is 11.0. The molecule has 5 rings (SSSR count). The molecule has 2 heterocycles. The van der Waals surface area contributed by atoms with Gasteiger partial charge in [-0.15, -0.1) is 6.58 Å². The standard InChI is InChI=1S/C33H36FN7O4S/c1-3-15-39(33(45)37-17-23-7-5-4-6-8-23)40-20-29(43)41-27(16-22-9-12-25(42)13-10-22)32(44)38(19-28(40)41)18-24-11-14-26(34)31(30(24)36)46-21(2)35/h3-14,27-28,42H,1-2,15-20,35-36H2,(H,37,45)/t27-,28+/m1/s1. The molecule has 3 aromatic rings. The first-order valence-corrected chi connectivity index (χ1v) is 15.4. The van der Waals surface area contributed by atoms with E-state index in [2.05, 4.69) is 18.5 Å². The Morgan fingerprint density at radius 2 is 1.83 bits per heavy atom. The molecule has 4 amide bonds. The number of thioether (sulfide) groups is 1. The SMILES string of the molecule is C=CCN(C(=O)NCc1ccccc1)N1CC(=O)N2[C@H](Cc3ccc(O)cc3)C(=O)N(Cc3ccc(F)c(SC(=C)N)c3N)C[C@H]21. The maximum Gasteiger partial charge on any atom is 0.332 e. The number of hydrogen-bond donors (Lipinski definition) is 4. The number of carbonyl (C=O) groups excluding carboxylic acids is 3. The second-order valence-corrected chi connectivity index (χ2v) is 12.2. The minimum atomic E-state index is -0.918. The van der Waals surface area contributed by atoms with E-state index in [1.54, 1.807) is 28.1 Å². The summed E-state index contributed by atoms with van der Waals surface area (Å²) in [7, 11) is 0. The van der Waals surface area contributed by atoms with Gasteiger partial charge in [-0.1, -0.05) is 72.9 Å². The summed E-state index contributed by atoms with van der Waals surface area (Å²) in [5.41, 5.74) is 14.3. The van der Waals surface area contributed by atoms with Gasteiger partial charge in [0.15, 0.2) is 0 Å². The fraction of sp³-hybridized carbons (Fsp3) is 0.242. The Balaban J connectivity index is 1.47. The number of carbonyl (C=O) groups is 3. The van der Waals surface area contributed by atoms with Crippen LogP contribution in [-0.4, -0.2) is 74.6 Å². The van der Waals surface area contributed by atoms with Gasteiger partial charge >= 0.3 is 6.03 Å². The van der Waals surface area contributed by atoms with Crippen LogP contribution in [0.25, 0.3) is 0 Å². The Bertz CT molecular complexity index is 1640. The van der Waals surface area contributed by atoms with E-state index in [0.717, 1.165) is 22.9 Å². The van der Waals surface area contributed by atoms with Crippen molar-refractivity contribution in [3.05, 3.63) is 114 Å². The Kier molecular flexibility index (Phi) is 9.83. The number of rotatable bonds is 11. The average molecular weight is 646 g/mol. The molecule has 46 heavy (non-hydrogen) atoms. The van der Waals surface area contributed by atoms with Crippen LogP contribution in [0.5, 0.6) is 5.75 Å². The highest BCUT2D eigenvalue weighted by Crippen LogP contribution is 2.35. The van der Waals surface area contributed by atoms with Crippen molar-refractivity contribution in [2.24, 2.45) is 5.73 Å². The Labute approximate surface area is 270 Å². The Morgan fingerprint density at radius 1 is 1.11 bits per heavy atom. The number of nitrogen functional groups attached to an aromatic ring is 1. The molecular weight excluding hydrogens is 609 g/mol. The molecule has 0 aliphatic carbocycles. The van der Waals surface area contributed by atoms with Gasteiger partial charge in [0.2, 0.25) is 11.8 Å². The molecule has 0 aromatic heterocycles. The van der Waals surface area contributed by atoms with Crippen LogP contribution in [-0.2, 0) is 29.1 Å². The number of anilines is 1. The van der Waals surface area contributed by atoms with Gasteiger partial charge in [0.25, 0.3) is 0 Å². The van der Waals surface area contributed by atoms with Crippen molar-refractivity contribution in [3.8, 4) is 5.75 Å². The van der Waals surface area contributed by atoms with Gasteiger partial charge in [0.05, 0.1) is 35.2 Å². The van der Waals surface area contributed by atoms with Crippen molar-refractivity contribution in [1.29, 1.82) is 0 Å². The number of hydrogen-bond acceptors (Lipinski definition) is 8. The van der Waals surface area contributed by atoms with E-state index in [0.29, 0.717) is 5.56 Å². The Morgan fingerprint density at radius 3 is 2.50 bits per heavy atom. The molecule has 0 radical (unpaired) electrons. The molecule has 2 saturated heterocycles. The zero-order valence-corrected chi connectivity index (χ0v) is 26.0. The highest BCUT2D eigenvalue weighted by molar-refractivity contribution is 8.03. The zero-order chi connectivity index (χ0) is 33.0. The molecule has 2 aliphatic heterocycles. The molecule has 6 N–H and O–H groups in total. The average Bonchev–Trinajstić information content (AvgIpc) is 3.36. The van der Waals surface area contributed by atoms with E-state index in [1.165, 1.54) is 34.2 Å². The van der Waals surface area contributed by atoms with Gasteiger partial charge < -0.3 is 31.7 Å². The van der Waals surface area contributed by atoms with E-state index in [4.69, 9.17) is 11.5 Å². The number of nitrogens with one attached hydrogen (secondary N) is 1. The lowest BCUT2D eigenvalue weighted by atomic mass is 9.99. The summed E-state index contributed by atoms with van der Waals surface area (Å²) in [6.07, 6.45) is 1.04. The molecule has 2 atom stereocenters. The fourth-order valence-electron chi connectivity index (χ4n) is 5.73. The van der Waals surface area contributed by atoms with E-state index < -0.39 is 24.1 Å². The number of amides is 4. The topological polar surface area (TPSA) is 148 Å². The van der Waals surface area contributed by atoms with Crippen LogP contribution in [0.1, 0.15) is 16.7 Å². The summed E-state index contributed by atoms with van der Waals surface area (Å²) in [5, 5.41) is 16.0. The maximum absolute atomic E-state index is 14.7. The first kappa shape index (κ1) is 32.4. The molecule has 0 spiro atoms. The third kappa shape index (κ3) is 6.95. The minimum absolute atomic E-state index is 0.0235. The van der Waals surface area contributed by atoms with Crippen LogP contribution in [0.2, 0.25) is 0 Å². The monoisotopic (exact) mass is 645 g/mol. The normalized spacial score (nSPS) is 17.9. The van der Waals surface area contributed by atoms with Gasteiger partial charge in [-0.2, -0.15) is 5.01 Å². The first-order chi connectivity index (χ1) is 22.1. The second kappa shape index (κ2) is 14.0. The number of urea groups is 1. The van der Waals surface area contributed by atoms with Gasteiger partial charge in [0, 0.05) is 19.5 Å². The largest absolute Gasteiger partial charge is 0.508 e. The number of phenolic OH excluding ortho intramolecular Hbond substituents is 1. The number of piperazine rings is 1. The van der Waals surface area contributed by atoms with Crippen molar-refractivity contribution >= 4 is 35.3 Å². The molecule has 0 unspecified atom stereocenters. The predicted molar refractivity (Wildman–Crippen MR) is 174 cm³/mol. The molecule has 2 aliphatic rings. The highest BCUT2D eigenvalue weighted by Gasteiger charge is 2.52. The van der Waals surface area contributed by atoms with Crippen LogP contribution in [0.3, 0.4) is 0 Å². The molecule has 13 heteroatoms. The van der Waals surface area contributed by atoms with Gasteiger partial charge in [-0.3, -0.25) is 14.6 Å². The van der Waals surface area contributed by atoms with Crippen LogP contribution < -0.4 is 16.8 Å². The Hall–Kier alpha value is -5.01. The third-order valence-electron chi connectivity index (χ3n) is 7.90. The smallest absolute Gasteiger partial charge is 0.332 e. The lowest BCUT2D eigenvalue weighted by Gasteiger charge is -2.46.